The lowest BCUT2D eigenvalue weighted by atomic mass is 10.0. The molecule has 0 spiro atoms. The maximum absolute atomic E-state index is 12.5. The fourth-order valence-electron chi connectivity index (χ4n) is 2.66. The number of halogens is 1. The molecule has 1 aromatic carbocycles. The van der Waals surface area contributed by atoms with Gasteiger partial charge in [-0.05, 0) is 43.9 Å². The minimum atomic E-state index is -0.609. The highest BCUT2D eigenvalue weighted by Crippen LogP contribution is 2.27. The van der Waals surface area contributed by atoms with Crippen LogP contribution < -0.4 is 16.0 Å². The molecular weight excluding hydrogens is 326 g/mol. The first-order valence-corrected chi connectivity index (χ1v) is 8.17. The number of amides is 2. The SMILES string of the molecule is CC(C)c1ccc(N2CCC(C(=O)NCC(C)(C)N)C2=O)cc1.Cl. The third-order valence-electron chi connectivity index (χ3n) is 4.11. The van der Waals surface area contributed by atoms with Crippen LogP contribution in [0.1, 0.15) is 45.6 Å². The summed E-state index contributed by atoms with van der Waals surface area (Å²) in [5.74, 6) is -0.511. The maximum atomic E-state index is 12.5. The van der Waals surface area contributed by atoms with Crippen LogP contribution in [0.3, 0.4) is 0 Å². The van der Waals surface area contributed by atoms with Crippen LogP contribution in [0.4, 0.5) is 5.69 Å². The normalized spacial score (nSPS) is 17.8. The van der Waals surface area contributed by atoms with E-state index in [1.807, 2.05) is 38.1 Å². The molecule has 0 aliphatic carbocycles. The number of hydrogen-bond donors (Lipinski definition) is 2. The summed E-state index contributed by atoms with van der Waals surface area (Å²) in [5, 5.41) is 2.78. The van der Waals surface area contributed by atoms with Gasteiger partial charge in [0.05, 0.1) is 0 Å². The molecule has 3 N–H and O–H groups in total. The highest BCUT2D eigenvalue weighted by Gasteiger charge is 2.37. The third-order valence-corrected chi connectivity index (χ3v) is 4.11. The van der Waals surface area contributed by atoms with Crippen molar-refractivity contribution in [2.24, 2.45) is 11.7 Å². The Labute approximate surface area is 150 Å². The van der Waals surface area contributed by atoms with Gasteiger partial charge in [0.2, 0.25) is 11.8 Å². The molecule has 1 fully saturated rings. The Morgan fingerprint density at radius 3 is 2.42 bits per heavy atom. The smallest absolute Gasteiger partial charge is 0.239 e. The van der Waals surface area contributed by atoms with Crippen LogP contribution in [0.15, 0.2) is 24.3 Å². The van der Waals surface area contributed by atoms with Crippen LogP contribution >= 0.6 is 12.4 Å². The molecule has 0 aromatic heterocycles. The second kappa shape index (κ2) is 7.99. The first-order valence-electron chi connectivity index (χ1n) is 8.17. The molecule has 1 atom stereocenters. The van der Waals surface area contributed by atoms with Crippen LogP contribution in [0.5, 0.6) is 0 Å². The van der Waals surface area contributed by atoms with Crippen molar-refractivity contribution in [3.05, 3.63) is 29.8 Å². The number of carbonyl (C=O) groups excluding carboxylic acids is 2. The van der Waals surface area contributed by atoms with E-state index in [2.05, 4.69) is 19.2 Å². The highest BCUT2D eigenvalue weighted by molar-refractivity contribution is 6.09. The van der Waals surface area contributed by atoms with Crippen LogP contribution in [0.25, 0.3) is 0 Å². The minimum Gasteiger partial charge on any atom is -0.354 e. The molecule has 0 saturated carbocycles. The van der Waals surface area contributed by atoms with E-state index in [0.717, 1.165) is 5.69 Å². The summed E-state index contributed by atoms with van der Waals surface area (Å²) in [6, 6.07) is 7.99. The van der Waals surface area contributed by atoms with Crippen LogP contribution in [0, 0.1) is 5.92 Å². The molecule has 134 valence electrons. The zero-order chi connectivity index (χ0) is 17.2. The first-order chi connectivity index (χ1) is 10.7. The molecule has 2 amide bonds. The average Bonchev–Trinajstić information content (AvgIpc) is 2.86. The van der Waals surface area contributed by atoms with Crippen LogP contribution in [-0.2, 0) is 9.59 Å². The predicted octanol–water partition coefficient (Wildman–Crippen LogP) is 2.44. The van der Waals surface area contributed by atoms with Gasteiger partial charge in [-0.1, -0.05) is 26.0 Å². The maximum Gasteiger partial charge on any atom is 0.239 e. The number of anilines is 1. The van der Waals surface area contributed by atoms with Gasteiger partial charge in [0.1, 0.15) is 5.92 Å². The van der Waals surface area contributed by atoms with E-state index >= 15 is 0 Å². The monoisotopic (exact) mass is 353 g/mol. The van der Waals surface area contributed by atoms with Crippen LogP contribution in [0.2, 0.25) is 0 Å². The largest absolute Gasteiger partial charge is 0.354 e. The molecule has 0 bridgehead atoms. The van der Waals surface area contributed by atoms with Gasteiger partial charge in [-0.25, -0.2) is 0 Å². The molecule has 1 heterocycles. The Bertz CT molecular complexity index is 579. The summed E-state index contributed by atoms with van der Waals surface area (Å²) in [6.45, 7) is 8.88. The molecule has 5 nitrogen and oxygen atoms in total. The standard InChI is InChI=1S/C18H27N3O2.ClH/c1-12(2)13-5-7-14(8-6-13)21-10-9-15(17(21)23)16(22)20-11-18(3,4)19;/h5-8,12,15H,9-11,19H2,1-4H3,(H,20,22);1H. The Kier molecular flexibility index (Phi) is 6.81. The minimum absolute atomic E-state index is 0. The number of nitrogens with two attached hydrogens (primary N) is 1. The fourth-order valence-corrected chi connectivity index (χ4v) is 2.66. The van der Waals surface area contributed by atoms with E-state index in [-0.39, 0.29) is 24.2 Å². The molecule has 1 unspecified atom stereocenters. The first kappa shape index (κ1) is 20.5. The summed E-state index contributed by atoms with van der Waals surface area (Å²) >= 11 is 0. The van der Waals surface area contributed by atoms with E-state index < -0.39 is 11.5 Å². The summed E-state index contributed by atoms with van der Waals surface area (Å²) < 4.78 is 0. The second-order valence-corrected chi connectivity index (χ2v) is 7.28. The lowest BCUT2D eigenvalue weighted by molar-refractivity contribution is -0.132. The molecule has 1 saturated heterocycles. The van der Waals surface area contributed by atoms with Gasteiger partial charge >= 0.3 is 0 Å². The molecular formula is C18H28ClN3O2. The van der Waals surface area contributed by atoms with E-state index in [4.69, 9.17) is 5.73 Å². The zero-order valence-electron chi connectivity index (χ0n) is 14.8. The number of nitrogens with zero attached hydrogens (tertiary/aromatic N) is 1. The van der Waals surface area contributed by atoms with Crippen molar-refractivity contribution in [2.45, 2.75) is 45.6 Å². The second-order valence-electron chi connectivity index (χ2n) is 7.28. The van der Waals surface area contributed by atoms with Crippen LogP contribution in [-0.4, -0.2) is 30.4 Å². The third kappa shape index (κ3) is 4.95. The fraction of sp³-hybridized carbons (Fsp3) is 0.556. The van der Waals surface area contributed by atoms with Crippen molar-refractivity contribution < 1.29 is 9.59 Å². The molecule has 1 aliphatic rings. The topological polar surface area (TPSA) is 75.4 Å². The van der Waals surface area contributed by atoms with E-state index in [0.29, 0.717) is 25.4 Å². The summed E-state index contributed by atoms with van der Waals surface area (Å²) in [6.07, 6.45) is 0.543. The van der Waals surface area contributed by atoms with Gasteiger partial charge in [-0.3, -0.25) is 9.59 Å². The van der Waals surface area contributed by atoms with E-state index in [9.17, 15) is 9.59 Å². The lowest BCUT2D eigenvalue weighted by Gasteiger charge is -2.21. The quantitative estimate of drug-likeness (QED) is 0.798. The molecule has 0 radical (unpaired) electrons. The molecule has 1 aliphatic heterocycles. The Morgan fingerprint density at radius 1 is 1.33 bits per heavy atom. The van der Waals surface area contributed by atoms with Gasteiger partial charge in [-0.2, -0.15) is 0 Å². The Morgan fingerprint density at radius 2 is 1.92 bits per heavy atom. The van der Waals surface area contributed by atoms with Crippen molar-refractivity contribution in [1.82, 2.24) is 5.32 Å². The van der Waals surface area contributed by atoms with Gasteiger partial charge < -0.3 is 16.0 Å². The number of nitrogens with one attached hydrogen (secondary N) is 1. The van der Waals surface area contributed by atoms with Gasteiger partial charge in [0, 0.05) is 24.3 Å². The van der Waals surface area contributed by atoms with Gasteiger partial charge in [0.15, 0.2) is 0 Å². The summed E-state index contributed by atoms with van der Waals surface area (Å²) in [7, 11) is 0. The Hall–Kier alpha value is -1.59. The van der Waals surface area contributed by atoms with Gasteiger partial charge in [0.25, 0.3) is 0 Å². The van der Waals surface area contributed by atoms with E-state index in [1.54, 1.807) is 4.90 Å². The number of rotatable bonds is 5. The van der Waals surface area contributed by atoms with Crippen molar-refractivity contribution >= 4 is 29.9 Å². The van der Waals surface area contributed by atoms with E-state index in [1.165, 1.54) is 5.56 Å². The average molecular weight is 354 g/mol. The molecule has 2 rings (SSSR count). The highest BCUT2D eigenvalue weighted by atomic mass is 35.5. The zero-order valence-corrected chi connectivity index (χ0v) is 15.7. The van der Waals surface area contributed by atoms with Gasteiger partial charge in [-0.15, -0.1) is 12.4 Å². The number of carbonyl (C=O) groups is 2. The van der Waals surface area contributed by atoms with Crippen molar-refractivity contribution in [3.63, 3.8) is 0 Å². The van der Waals surface area contributed by atoms with Crippen molar-refractivity contribution in [3.8, 4) is 0 Å². The van der Waals surface area contributed by atoms with Crippen molar-refractivity contribution in [2.75, 3.05) is 18.0 Å². The number of hydrogen-bond acceptors (Lipinski definition) is 3. The Balaban J connectivity index is 0.00000288. The summed E-state index contributed by atoms with van der Waals surface area (Å²) in [5.41, 5.74) is 7.47. The molecule has 6 heteroatoms. The molecule has 24 heavy (non-hydrogen) atoms. The predicted molar refractivity (Wildman–Crippen MR) is 99.5 cm³/mol. The lowest BCUT2D eigenvalue weighted by Crippen LogP contribution is -2.47. The number of benzene rings is 1. The molecule has 1 aromatic rings. The summed E-state index contributed by atoms with van der Waals surface area (Å²) in [4.78, 5) is 26.4. The van der Waals surface area contributed by atoms with Crippen molar-refractivity contribution in [1.29, 1.82) is 0 Å².